The Morgan fingerprint density at radius 3 is 1.68 bits per heavy atom. The van der Waals surface area contributed by atoms with Crippen LogP contribution in [0.4, 0.5) is 0 Å². The first-order valence-electron chi connectivity index (χ1n) is 14.1. The number of fused-ring (bicyclic) bond motifs is 1. The molecule has 34 heavy (non-hydrogen) atoms. The van der Waals surface area contributed by atoms with Crippen molar-refractivity contribution in [2.45, 2.75) is 117 Å². The first-order valence-corrected chi connectivity index (χ1v) is 15.8. The molecule has 1 unspecified atom stereocenters. The smallest absolute Gasteiger partial charge is 0.379 e. The highest BCUT2D eigenvalue weighted by atomic mass is 31.2. The maximum absolute atomic E-state index is 13.3. The molecule has 1 atom stereocenters. The van der Waals surface area contributed by atoms with Crippen molar-refractivity contribution in [1.82, 2.24) is 0 Å². The van der Waals surface area contributed by atoms with Crippen LogP contribution in [0, 0.1) is 0 Å². The Morgan fingerprint density at radius 1 is 0.618 bits per heavy atom. The lowest BCUT2D eigenvalue weighted by Gasteiger charge is -2.19. The number of hydrogen-bond acceptors (Lipinski definition) is 3. The van der Waals surface area contributed by atoms with Gasteiger partial charge in [0.25, 0.3) is 0 Å². The second-order valence-electron chi connectivity index (χ2n) is 9.62. The van der Waals surface area contributed by atoms with Crippen LogP contribution >= 0.6 is 7.60 Å². The lowest BCUT2D eigenvalue weighted by atomic mass is 10.0. The van der Waals surface area contributed by atoms with E-state index < -0.39 is 7.60 Å². The van der Waals surface area contributed by atoms with Crippen molar-refractivity contribution in [2.75, 3.05) is 12.8 Å². The molecule has 0 N–H and O–H groups in total. The number of rotatable bonds is 21. The molecular formula is C30H49O3P. The molecule has 0 radical (unpaired) electrons. The highest BCUT2D eigenvalue weighted by Gasteiger charge is 2.25. The van der Waals surface area contributed by atoms with Crippen LogP contribution in [-0.2, 0) is 9.09 Å². The summed E-state index contributed by atoms with van der Waals surface area (Å²) in [5, 5.41) is 2.07. The van der Waals surface area contributed by atoms with E-state index in [2.05, 4.69) is 6.92 Å². The topological polar surface area (TPSA) is 35.5 Å². The van der Waals surface area contributed by atoms with Crippen molar-refractivity contribution in [2.24, 2.45) is 0 Å². The zero-order valence-electron chi connectivity index (χ0n) is 21.9. The first kappa shape index (κ1) is 28.9. The van der Waals surface area contributed by atoms with Crippen LogP contribution in [0.5, 0.6) is 5.75 Å². The largest absolute Gasteiger partial charge is 0.424 e. The summed E-state index contributed by atoms with van der Waals surface area (Å²) in [4.78, 5) is 0. The normalized spacial score (nSPS) is 13.2. The lowest BCUT2D eigenvalue weighted by Crippen LogP contribution is -2.03. The van der Waals surface area contributed by atoms with Crippen LogP contribution < -0.4 is 4.52 Å². The molecule has 2 aromatic rings. The van der Waals surface area contributed by atoms with Gasteiger partial charge in [0.15, 0.2) is 0 Å². The van der Waals surface area contributed by atoms with E-state index in [1.807, 2.05) is 49.4 Å². The Kier molecular flexibility index (Phi) is 15.3. The Morgan fingerprint density at radius 2 is 1.12 bits per heavy atom. The molecule has 0 spiro atoms. The first-order chi connectivity index (χ1) is 16.7. The third-order valence-electron chi connectivity index (χ3n) is 6.60. The highest BCUT2D eigenvalue weighted by Crippen LogP contribution is 2.50. The molecule has 2 aromatic carbocycles. The molecule has 0 saturated carbocycles. The van der Waals surface area contributed by atoms with Crippen LogP contribution in [0.2, 0.25) is 0 Å². The molecule has 0 bridgehead atoms. The van der Waals surface area contributed by atoms with Gasteiger partial charge in [0.05, 0.1) is 12.8 Å². The summed E-state index contributed by atoms with van der Waals surface area (Å²) in [7, 11) is -3.13. The molecule has 0 aliphatic heterocycles. The van der Waals surface area contributed by atoms with E-state index in [0.717, 1.165) is 23.6 Å². The van der Waals surface area contributed by atoms with Crippen LogP contribution in [0.1, 0.15) is 117 Å². The highest BCUT2D eigenvalue weighted by molar-refractivity contribution is 7.54. The molecule has 0 saturated heterocycles. The summed E-state index contributed by atoms with van der Waals surface area (Å²) in [6, 6.07) is 13.9. The zero-order valence-corrected chi connectivity index (χ0v) is 22.8. The standard InChI is InChI=1S/C30H49O3P/c1-3-5-6-7-8-9-10-11-12-13-14-15-16-17-18-21-27-34(31,32-4-2)33-30-26-22-24-28-23-19-20-25-29(28)30/h19-20,22-26H,3-18,21,27H2,1-2H3. The maximum Gasteiger partial charge on any atom is 0.379 e. The molecule has 0 aromatic heterocycles. The fourth-order valence-corrected chi connectivity index (χ4v) is 6.35. The van der Waals surface area contributed by atoms with Gasteiger partial charge >= 0.3 is 7.60 Å². The third-order valence-corrected chi connectivity index (χ3v) is 8.59. The van der Waals surface area contributed by atoms with E-state index in [4.69, 9.17) is 9.05 Å². The predicted molar refractivity (Wildman–Crippen MR) is 148 cm³/mol. The van der Waals surface area contributed by atoms with Crippen molar-refractivity contribution >= 4 is 18.4 Å². The minimum atomic E-state index is -3.13. The summed E-state index contributed by atoms with van der Waals surface area (Å²) in [5.41, 5.74) is 0. The van der Waals surface area contributed by atoms with Gasteiger partial charge in [-0.3, -0.25) is 0 Å². The Bertz CT molecular complexity index is 814. The second kappa shape index (κ2) is 18.0. The fourth-order valence-electron chi connectivity index (χ4n) is 4.61. The van der Waals surface area contributed by atoms with Crippen molar-refractivity contribution < 1.29 is 13.6 Å². The van der Waals surface area contributed by atoms with E-state index in [-0.39, 0.29) is 0 Å². The van der Waals surface area contributed by atoms with Gasteiger partial charge in [0.2, 0.25) is 0 Å². The van der Waals surface area contributed by atoms with E-state index in [1.165, 1.54) is 89.9 Å². The summed E-state index contributed by atoms with van der Waals surface area (Å²) < 4.78 is 25.0. The average Bonchev–Trinajstić information content (AvgIpc) is 2.84. The van der Waals surface area contributed by atoms with Gasteiger partial charge in [-0.1, -0.05) is 140 Å². The zero-order chi connectivity index (χ0) is 24.3. The molecule has 4 heteroatoms. The maximum atomic E-state index is 13.3. The van der Waals surface area contributed by atoms with Crippen LogP contribution in [-0.4, -0.2) is 12.8 Å². The Balaban J connectivity index is 1.54. The Labute approximate surface area is 209 Å². The quantitative estimate of drug-likeness (QED) is 0.129. The minimum absolute atomic E-state index is 0.404. The molecule has 0 fully saturated rings. The second-order valence-corrected chi connectivity index (χ2v) is 11.7. The molecule has 0 amide bonds. The van der Waals surface area contributed by atoms with Crippen LogP contribution in [0.25, 0.3) is 10.8 Å². The van der Waals surface area contributed by atoms with E-state index in [1.54, 1.807) is 0 Å². The molecule has 3 nitrogen and oxygen atoms in total. The van der Waals surface area contributed by atoms with Gasteiger partial charge in [-0.05, 0) is 24.8 Å². The molecule has 0 aliphatic rings. The number of unbranched alkanes of at least 4 members (excludes halogenated alkanes) is 15. The predicted octanol–water partition coefficient (Wildman–Crippen LogP) is 10.7. The fraction of sp³-hybridized carbons (Fsp3) is 0.667. The molecular weight excluding hydrogens is 439 g/mol. The van der Waals surface area contributed by atoms with Gasteiger partial charge in [-0.25, -0.2) is 4.57 Å². The molecule has 192 valence electrons. The van der Waals surface area contributed by atoms with Gasteiger partial charge in [-0.15, -0.1) is 0 Å². The van der Waals surface area contributed by atoms with Gasteiger partial charge in [0, 0.05) is 5.39 Å². The van der Waals surface area contributed by atoms with Crippen molar-refractivity contribution in [1.29, 1.82) is 0 Å². The van der Waals surface area contributed by atoms with Crippen molar-refractivity contribution in [3.63, 3.8) is 0 Å². The summed E-state index contributed by atoms with van der Waals surface area (Å²) in [6.07, 6.45) is 21.7. The number of benzene rings is 2. The molecule has 0 heterocycles. The SMILES string of the molecule is CCCCCCCCCCCCCCCCCCP(=O)(OCC)Oc1cccc2ccccc12. The van der Waals surface area contributed by atoms with Crippen LogP contribution in [0.15, 0.2) is 42.5 Å². The number of hydrogen-bond donors (Lipinski definition) is 0. The van der Waals surface area contributed by atoms with Gasteiger partial charge in [-0.2, -0.15) is 0 Å². The summed E-state index contributed by atoms with van der Waals surface area (Å²) in [6.45, 7) is 4.57. The van der Waals surface area contributed by atoms with Crippen LogP contribution in [0.3, 0.4) is 0 Å². The minimum Gasteiger partial charge on any atom is -0.424 e. The van der Waals surface area contributed by atoms with E-state index in [0.29, 0.717) is 18.5 Å². The van der Waals surface area contributed by atoms with Gasteiger partial charge < -0.3 is 9.05 Å². The van der Waals surface area contributed by atoms with E-state index >= 15 is 0 Å². The van der Waals surface area contributed by atoms with Crippen molar-refractivity contribution in [3.8, 4) is 5.75 Å². The molecule has 0 aliphatic carbocycles. The third kappa shape index (κ3) is 11.9. The van der Waals surface area contributed by atoms with Crippen molar-refractivity contribution in [3.05, 3.63) is 42.5 Å². The summed E-state index contributed by atoms with van der Waals surface area (Å²) >= 11 is 0. The lowest BCUT2D eigenvalue weighted by molar-refractivity contribution is 0.279. The average molecular weight is 489 g/mol. The molecule has 2 rings (SSSR count). The Hall–Kier alpha value is -1.31. The van der Waals surface area contributed by atoms with E-state index in [9.17, 15) is 4.57 Å². The summed E-state index contributed by atoms with van der Waals surface area (Å²) in [5.74, 6) is 0.659. The van der Waals surface area contributed by atoms with Gasteiger partial charge in [0.1, 0.15) is 5.75 Å². The monoisotopic (exact) mass is 488 g/mol.